The van der Waals surface area contributed by atoms with Gasteiger partial charge in [-0.25, -0.2) is 9.78 Å². The van der Waals surface area contributed by atoms with Gasteiger partial charge in [-0.2, -0.15) is 0 Å². The van der Waals surface area contributed by atoms with E-state index < -0.39 is 17.9 Å². The highest BCUT2D eigenvalue weighted by atomic mass is 32.1. The molecule has 1 unspecified atom stereocenters. The van der Waals surface area contributed by atoms with Gasteiger partial charge < -0.3 is 10.4 Å². The molecule has 2 rings (SSSR count). The lowest BCUT2D eigenvalue weighted by atomic mass is 10.1. The SMILES string of the molecule is CCCc1ncc(C(=O)NC(C(=O)O)c2ccccc2)s1. The zero-order valence-corrected chi connectivity index (χ0v) is 12.4. The number of carboxylic acids is 1. The number of thiazole rings is 1. The van der Waals surface area contributed by atoms with Gasteiger partial charge >= 0.3 is 5.97 Å². The van der Waals surface area contributed by atoms with E-state index in [0.717, 1.165) is 17.8 Å². The number of carboxylic acid groups (broad SMARTS) is 1. The zero-order chi connectivity index (χ0) is 15.2. The summed E-state index contributed by atoms with van der Waals surface area (Å²) >= 11 is 1.30. The lowest BCUT2D eigenvalue weighted by Crippen LogP contribution is -2.33. The van der Waals surface area contributed by atoms with Crippen LogP contribution in [0.5, 0.6) is 0 Å². The molecule has 2 N–H and O–H groups in total. The normalized spacial score (nSPS) is 11.9. The Balaban J connectivity index is 2.13. The van der Waals surface area contributed by atoms with Gasteiger partial charge in [0.05, 0.1) is 11.2 Å². The Morgan fingerprint density at radius 2 is 2.05 bits per heavy atom. The van der Waals surface area contributed by atoms with Gasteiger partial charge in [0.1, 0.15) is 4.88 Å². The van der Waals surface area contributed by atoms with Crippen LogP contribution in [-0.2, 0) is 11.2 Å². The fraction of sp³-hybridized carbons (Fsp3) is 0.267. The fourth-order valence-corrected chi connectivity index (χ4v) is 2.80. The van der Waals surface area contributed by atoms with Gasteiger partial charge in [-0.1, -0.05) is 37.3 Å². The molecule has 1 heterocycles. The van der Waals surface area contributed by atoms with Crippen molar-refractivity contribution in [2.45, 2.75) is 25.8 Å². The van der Waals surface area contributed by atoms with Gasteiger partial charge in [-0.15, -0.1) is 11.3 Å². The van der Waals surface area contributed by atoms with Crippen LogP contribution in [-0.4, -0.2) is 22.0 Å². The van der Waals surface area contributed by atoms with Crippen LogP contribution in [0.2, 0.25) is 0 Å². The summed E-state index contributed by atoms with van der Waals surface area (Å²) in [4.78, 5) is 28.1. The monoisotopic (exact) mass is 304 g/mol. The number of hydrogen-bond acceptors (Lipinski definition) is 4. The number of aromatic nitrogens is 1. The van der Waals surface area contributed by atoms with E-state index in [-0.39, 0.29) is 0 Å². The molecular formula is C15H16N2O3S. The average molecular weight is 304 g/mol. The van der Waals surface area contributed by atoms with E-state index in [2.05, 4.69) is 10.3 Å². The summed E-state index contributed by atoms with van der Waals surface area (Å²) in [5.74, 6) is -1.50. The molecule has 0 spiro atoms. The topological polar surface area (TPSA) is 79.3 Å². The van der Waals surface area contributed by atoms with Crippen molar-refractivity contribution in [2.24, 2.45) is 0 Å². The zero-order valence-electron chi connectivity index (χ0n) is 11.6. The summed E-state index contributed by atoms with van der Waals surface area (Å²) < 4.78 is 0. The quantitative estimate of drug-likeness (QED) is 0.860. The van der Waals surface area contributed by atoms with Crippen LogP contribution in [0.25, 0.3) is 0 Å². The van der Waals surface area contributed by atoms with Crippen LogP contribution in [0.1, 0.15) is 39.6 Å². The summed E-state index contributed by atoms with van der Waals surface area (Å²) in [6.45, 7) is 2.04. The molecule has 110 valence electrons. The maximum atomic E-state index is 12.1. The molecule has 0 saturated heterocycles. The lowest BCUT2D eigenvalue weighted by molar-refractivity contribution is -0.139. The molecule has 0 aliphatic rings. The number of amides is 1. The van der Waals surface area contributed by atoms with E-state index in [0.29, 0.717) is 10.4 Å². The molecule has 1 atom stereocenters. The molecule has 0 aliphatic carbocycles. The average Bonchev–Trinajstić information content (AvgIpc) is 2.94. The standard InChI is InChI=1S/C15H16N2O3S/c1-2-6-12-16-9-11(21-12)14(18)17-13(15(19)20)10-7-4-3-5-8-10/h3-5,7-9,13H,2,6H2,1H3,(H,17,18)(H,19,20). The van der Waals surface area contributed by atoms with Gasteiger partial charge in [-0.3, -0.25) is 4.79 Å². The van der Waals surface area contributed by atoms with Crippen molar-refractivity contribution in [2.75, 3.05) is 0 Å². The number of hydrogen-bond donors (Lipinski definition) is 2. The molecule has 21 heavy (non-hydrogen) atoms. The van der Waals surface area contributed by atoms with E-state index in [1.807, 2.05) is 6.92 Å². The minimum Gasteiger partial charge on any atom is -0.479 e. The Morgan fingerprint density at radius 3 is 2.67 bits per heavy atom. The van der Waals surface area contributed by atoms with Gasteiger partial charge in [0.25, 0.3) is 5.91 Å². The molecule has 1 amide bonds. The van der Waals surface area contributed by atoms with Gasteiger partial charge in [0, 0.05) is 0 Å². The summed E-state index contributed by atoms with van der Waals surface area (Å²) in [6, 6.07) is 7.57. The Morgan fingerprint density at radius 1 is 1.33 bits per heavy atom. The van der Waals surface area contributed by atoms with Crippen LogP contribution in [0.15, 0.2) is 36.5 Å². The fourth-order valence-electron chi connectivity index (χ4n) is 1.88. The molecule has 1 aromatic heterocycles. The van der Waals surface area contributed by atoms with Crippen molar-refractivity contribution in [1.82, 2.24) is 10.3 Å². The molecule has 0 aliphatic heterocycles. The highest BCUT2D eigenvalue weighted by Crippen LogP contribution is 2.17. The van der Waals surface area contributed by atoms with E-state index in [1.54, 1.807) is 30.3 Å². The molecule has 0 fully saturated rings. The molecule has 6 heteroatoms. The number of aryl methyl sites for hydroxylation is 1. The minimum atomic E-state index is -1.09. The minimum absolute atomic E-state index is 0.411. The maximum absolute atomic E-state index is 12.1. The number of aliphatic carboxylic acids is 1. The Hall–Kier alpha value is -2.21. The predicted molar refractivity (Wildman–Crippen MR) is 80.4 cm³/mol. The van der Waals surface area contributed by atoms with E-state index in [1.165, 1.54) is 17.5 Å². The largest absolute Gasteiger partial charge is 0.479 e. The molecule has 0 radical (unpaired) electrons. The van der Waals surface area contributed by atoms with Gasteiger partial charge in [-0.05, 0) is 18.4 Å². The second-order valence-electron chi connectivity index (χ2n) is 4.52. The predicted octanol–water partition coefficient (Wildman–Crippen LogP) is 2.65. The first-order chi connectivity index (χ1) is 10.1. The third kappa shape index (κ3) is 3.88. The summed E-state index contributed by atoms with van der Waals surface area (Å²) in [7, 11) is 0. The van der Waals surface area contributed by atoms with Crippen molar-refractivity contribution in [3.05, 3.63) is 52.0 Å². The number of benzene rings is 1. The van der Waals surface area contributed by atoms with Crippen LogP contribution in [0, 0.1) is 0 Å². The second-order valence-corrected chi connectivity index (χ2v) is 5.64. The first-order valence-corrected chi connectivity index (χ1v) is 7.46. The van der Waals surface area contributed by atoms with Gasteiger partial charge in [0.15, 0.2) is 6.04 Å². The van der Waals surface area contributed by atoms with Crippen molar-refractivity contribution < 1.29 is 14.7 Å². The molecule has 2 aromatic rings. The number of nitrogens with one attached hydrogen (secondary N) is 1. The number of carbonyl (C=O) groups excluding carboxylic acids is 1. The maximum Gasteiger partial charge on any atom is 0.330 e. The van der Waals surface area contributed by atoms with Gasteiger partial charge in [0.2, 0.25) is 0 Å². The highest BCUT2D eigenvalue weighted by molar-refractivity contribution is 7.13. The van der Waals surface area contributed by atoms with Crippen LogP contribution < -0.4 is 5.32 Å². The van der Waals surface area contributed by atoms with Crippen molar-refractivity contribution in [3.63, 3.8) is 0 Å². The Labute approximate surface area is 126 Å². The molecule has 0 saturated carbocycles. The van der Waals surface area contributed by atoms with Crippen LogP contribution in [0.4, 0.5) is 0 Å². The summed E-state index contributed by atoms with van der Waals surface area (Å²) in [6.07, 6.45) is 3.27. The molecule has 0 bridgehead atoms. The highest BCUT2D eigenvalue weighted by Gasteiger charge is 2.23. The number of nitrogens with zero attached hydrogens (tertiary/aromatic N) is 1. The Kier molecular flexibility index (Phi) is 5.05. The number of rotatable bonds is 6. The third-order valence-corrected chi connectivity index (χ3v) is 3.95. The van der Waals surface area contributed by atoms with Crippen molar-refractivity contribution in [1.29, 1.82) is 0 Å². The molecule has 5 nitrogen and oxygen atoms in total. The third-order valence-electron chi connectivity index (χ3n) is 2.90. The first-order valence-electron chi connectivity index (χ1n) is 6.65. The molecular weight excluding hydrogens is 288 g/mol. The summed E-state index contributed by atoms with van der Waals surface area (Å²) in [5.41, 5.74) is 0.539. The van der Waals surface area contributed by atoms with E-state index in [4.69, 9.17) is 0 Å². The van der Waals surface area contributed by atoms with Crippen molar-refractivity contribution >= 4 is 23.2 Å². The van der Waals surface area contributed by atoms with Crippen LogP contribution >= 0.6 is 11.3 Å². The summed E-state index contributed by atoms with van der Waals surface area (Å²) in [5, 5.41) is 12.7. The van der Waals surface area contributed by atoms with Crippen LogP contribution in [0.3, 0.4) is 0 Å². The Bertz CT molecular complexity index is 625. The van der Waals surface area contributed by atoms with E-state index in [9.17, 15) is 14.7 Å². The lowest BCUT2D eigenvalue weighted by Gasteiger charge is -2.13. The van der Waals surface area contributed by atoms with Crippen molar-refractivity contribution in [3.8, 4) is 0 Å². The molecule has 1 aromatic carbocycles. The smallest absolute Gasteiger partial charge is 0.330 e. The number of carbonyl (C=O) groups is 2. The van der Waals surface area contributed by atoms with E-state index >= 15 is 0 Å². The first kappa shape index (κ1) is 15.2. The second kappa shape index (κ2) is 6.99.